The van der Waals surface area contributed by atoms with Crippen LogP contribution in [0.25, 0.3) is 0 Å². The summed E-state index contributed by atoms with van der Waals surface area (Å²) in [5, 5.41) is 6.86. The molecule has 0 bridgehead atoms. The molecule has 0 amide bonds. The molecular weight excluding hydrogens is 278 g/mol. The zero-order valence-electron chi connectivity index (χ0n) is 10.4. The first-order chi connectivity index (χ1) is 8.16. The van der Waals surface area contributed by atoms with Gasteiger partial charge in [-0.1, -0.05) is 34.1 Å². The number of halogens is 1. The van der Waals surface area contributed by atoms with Gasteiger partial charge >= 0.3 is 0 Å². The van der Waals surface area contributed by atoms with E-state index in [1.807, 2.05) is 12.1 Å². The molecule has 0 N–H and O–H groups in total. The van der Waals surface area contributed by atoms with E-state index in [2.05, 4.69) is 51.9 Å². The Morgan fingerprint density at radius 1 is 1.18 bits per heavy atom. The fraction of sp³-hybridized carbons (Fsp3) is 0.462. The molecule has 0 unspecified atom stereocenters. The van der Waals surface area contributed by atoms with Crippen LogP contribution < -0.4 is 0 Å². The number of rotatable bonds is 2. The highest BCUT2D eigenvalue weighted by molar-refractivity contribution is 9.10. The van der Waals surface area contributed by atoms with E-state index in [9.17, 15) is 0 Å². The fourth-order valence-electron chi connectivity index (χ4n) is 1.92. The van der Waals surface area contributed by atoms with Crippen LogP contribution in [0.4, 0.5) is 0 Å². The lowest BCUT2D eigenvalue weighted by Crippen LogP contribution is -2.42. The fourth-order valence-corrected chi connectivity index (χ4v) is 2.49. The van der Waals surface area contributed by atoms with E-state index in [1.165, 1.54) is 5.56 Å². The van der Waals surface area contributed by atoms with Crippen LogP contribution in [0.2, 0.25) is 0 Å². The third kappa shape index (κ3) is 3.30. The zero-order valence-corrected chi connectivity index (χ0v) is 11.9. The molecule has 0 aliphatic carbocycles. The Bertz CT molecular complexity index is 409. The monoisotopic (exact) mass is 295 g/mol. The highest BCUT2D eigenvalue weighted by Gasteiger charge is 2.12. The number of benzene rings is 1. The highest BCUT2D eigenvalue weighted by atomic mass is 79.9. The Balaban J connectivity index is 2.09. The Kier molecular flexibility index (Phi) is 4.18. The maximum atomic E-state index is 4.69. The van der Waals surface area contributed by atoms with Crippen molar-refractivity contribution in [1.82, 2.24) is 9.91 Å². The Morgan fingerprint density at radius 2 is 1.82 bits per heavy atom. The average Bonchev–Trinajstić information content (AvgIpc) is 2.32. The maximum absolute atomic E-state index is 4.69. The topological polar surface area (TPSA) is 18.8 Å². The molecule has 3 nitrogen and oxygen atoms in total. The van der Waals surface area contributed by atoms with Crippen molar-refractivity contribution in [3.05, 3.63) is 34.3 Å². The quantitative estimate of drug-likeness (QED) is 0.781. The Morgan fingerprint density at radius 3 is 2.47 bits per heavy atom. The lowest BCUT2D eigenvalue weighted by molar-refractivity contribution is 0.159. The van der Waals surface area contributed by atoms with Gasteiger partial charge in [0.25, 0.3) is 0 Å². The summed E-state index contributed by atoms with van der Waals surface area (Å²) in [7, 11) is 2.15. The third-order valence-electron chi connectivity index (χ3n) is 3.03. The molecule has 1 aliphatic heterocycles. The lowest BCUT2D eigenvalue weighted by atomic mass is 10.1. The summed E-state index contributed by atoms with van der Waals surface area (Å²) in [6.07, 6.45) is 0. The molecule has 1 fully saturated rings. The predicted molar refractivity (Wildman–Crippen MR) is 75.4 cm³/mol. The molecule has 2 rings (SSSR count). The summed E-state index contributed by atoms with van der Waals surface area (Å²) in [6, 6.07) is 8.22. The summed E-state index contributed by atoms with van der Waals surface area (Å²) < 4.78 is 1.11. The van der Waals surface area contributed by atoms with Gasteiger partial charge in [0.1, 0.15) is 0 Å². The van der Waals surface area contributed by atoms with Crippen molar-refractivity contribution in [2.24, 2.45) is 5.10 Å². The molecule has 17 heavy (non-hydrogen) atoms. The molecule has 0 saturated carbocycles. The number of hydrogen-bond acceptors (Lipinski definition) is 3. The normalized spacial score (nSPS) is 18.5. The van der Waals surface area contributed by atoms with Gasteiger partial charge in [-0.25, -0.2) is 0 Å². The molecule has 0 atom stereocenters. The van der Waals surface area contributed by atoms with Crippen LogP contribution >= 0.6 is 15.9 Å². The molecular formula is C13H18BrN3. The first-order valence-electron chi connectivity index (χ1n) is 5.90. The summed E-state index contributed by atoms with van der Waals surface area (Å²) in [6.45, 7) is 6.27. The molecule has 1 aliphatic rings. The van der Waals surface area contributed by atoms with E-state index in [4.69, 9.17) is 5.10 Å². The SMILES string of the molecule is C/C(=N\N1CCN(C)CC1)c1ccccc1Br. The molecule has 0 spiro atoms. The number of nitrogens with zero attached hydrogens (tertiary/aromatic N) is 3. The molecule has 1 aromatic carbocycles. The molecule has 1 saturated heterocycles. The minimum atomic E-state index is 1.01. The van der Waals surface area contributed by atoms with Gasteiger partial charge < -0.3 is 4.90 Å². The van der Waals surface area contributed by atoms with Gasteiger partial charge in [0.2, 0.25) is 0 Å². The number of piperazine rings is 1. The summed E-state index contributed by atoms with van der Waals surface area (Å²) in [5.74, 6) is 0. The molecule has 0 radical (unpaired) electrons. The Labute approximate surface area is 111 Å². The van der Waals surface area contributed by atoms with Crippen molar-refractivity contribution < 1.29 is 0 Å². The van der Waals surface area contributed by atoms with Gasteiger partial charge in [-0.2, -0.15) is 5.10 Å². The highest BCUT2D eigenvalue weighted by Crippen LogP contribution is 2.17. The minimum Gasteiger partial charge on any atom is -0.303 e. The first kappa shape index (κ1) is 12.6. The number of hydrogen-bond donors (Lipinski definition) is 0. The zero-order chi connectivity index (χ0) is 12.3. The summed E-state index contributed by atoms with van der Waals surface area (Å²) in [4.78, 5) is 2.33. The van der Waals surface area contributed by atoms with E-state index < -0.39 is 0 Å². The van der Waals surface area contributed by atoms with E-state index >= 15 is 0 Å². The lowest BCUT2D eigenvalue weighted by Gasteiger charge is -2.30. The van der Waals surface area contributed by atoms with Gasteiger partial charge in [-0.15, -0.1) is 0 Å². The standard InChI is InChI=1S/C13H18BrN3/c1-11(12-5-3-4-6-13(12)14)15-17-9-7-16(2)8-10-17/h3-6H,7-10H2,1-2H3/b15-11+. The number of likely N-dealkylation sites (N-methyl/N-ethyl adjacent to an activating group) is 1. The van der Waals surface area contributed by atoms with Crippen molar-refractivity contribution in [1.29, 1.82) is 0 Å². The Hall–Kier alpha value is -0.870. The molecule has 0 aromatic heterocycles. The van der Waals surface area contributed by atoms with Gasteiger partial charge in [0.15, 0.2) is 0 Å². The van der Waals surface area contributed by atoms with Crippen molar-refractivity contribution in [3.63, 3.8) is 0 Å². The van der Waals surface area contributed by atoms with Gasteiger partial charge in [0, 0.05) is 36.2 Å². The van der Waals surface area contributed by atoms with Gasteiger partial charge in [0.05, 0.1) is 5.71 Å². The van der Waals surface area contributed by atoms with E-state index in [0.717, 1.165) is 36.4 Å². The van der Waals surface area contributed by atoms with E-state index in [1.54, 1.807) is 0 Å². The van der Waals surface area contributed by atoms with E-state index in [-0.39, 0.29) is 0 Å². The summed E-state index contributed by atoms with van der Waals surface area (Å²) >= 11 is 3.56. The number of hydrazone groups is 1. The van der Waals surface area contributed by atoms with Crippen LogP contribution in [0.15, 0.2) is 33.8 Å². The van der Waals surface area contributed by atoms with Crippen LogP contribution in [0, 0.1) is 0 Å². The average molecular weight is 296 g/mol. The van der Waals surface area contributed by atoms with Crippen molar-refractivity contribution in [2.45, 2.75) is 6.92 Å². The van der Waals surface area contributed by atoms with E-state index in [0.29, 0.717) is 0 Å². The van der Waals surface area contributed by atoms with Gasteiger partial charge in [-0.05, 0) is 20.0 Å². The minimum absolute atomic E-state index is 1.01. The first-order valence-corrected chi connectivity index (χ1v) is 6.70. The van der Waals surface area contributed by atoms with Crippen LogP contribution in [0.5, 0.6) is 0 Å². The largest absolute Gasteiger partial charge is 0.303 e. The van der Waals surface area contributed by atoms with Crippen molar-refractivity contribution >= 4 is 21.6 Å². The van der Waals surface area contributed by atoms with Crippen LogP contribution in [0.3, 0.4) is 0 Å². The predicted octanol–water partition coefficient (Wildman–Crippen LogP) is 2.42. The van der Waals surface area contributed by atoms with Gasteiger partial charge in [-0.3, -0.25) is 5.01 Å². The van der Waals surface area contributed by atoms with Crippen LogP contribution in [-0.4, -0.2) is 48.8 Å². The third-order valence-corrected chi connectivity index (χ3v) is 3.73. The molecule has 4 heteroatoms. The van der Waals surface area contributed by atoms with Crippen LogP contribution in [0.1, 0.15) is 12.5 Å². The van der Waals surface area contributed by atoms with Crippen molar-refractivity contribution in [3.8, 4) is 0 Å². The second-order valence-corrected chi connectivity index (χ2v) is 5.28. The summed E-state index contributed by atoms with van der Waals surface area (Å²) in [5.41, 5.74) is 2.24. The molecule has 1 aromatic rings. The second kappa shape index (κ2) is 5.65. The molecule has 92 valence electrons. The second-order valence-electron chi connectivity index (χ2n) is 4.42. The van der Waals surface area contributed by atoms with Crippen LogP contribution in [-0.2, 0) is 0 Å². The van der Waals surface area contributed by atoms with Crippen molar-refractivity contribution in [2.75, 3.05) is 33.2 Å². The smallest absolute Gasteiger partial charge is 0.0658 e. The molecule has 1 heterocycles. The maximum Gasteiger partial charge on any atom is 0.0658 e.